The summed E-state index contributed by atoms with van der Waals surface area (Å²) in [6, 6.07) is 16.6. The summed E-state index contributed by atoms with van der Waals surface area (Å²) in [5.74, 6) is -0.508. The first-order valence-corrected chi connectivity index (χ1v) is 9.05. The van der Waals surface area contributed by atoms with Gasteiger partial charge in [-0.3, -0.25) is 0 Å². The lowest BCUT2D eigenvalue weighted by Gasteiger charge is -2.00. The summed E-state index contributed by atoms with van der Waals surface area (Å²) in [6.45, 7) is 0. The van der Waals surface area contributed by atoms with Crippen LogP contribution in [0.5, 0.6) is 0 Å². The van der Waals surface area contributed by atoms with E-state index in [4.69, 9.17) is 0 Å². The van der Waals surface area contributed by atoms with Crippen molar-refractivity contribution in [3.8, 4) is 0 Å². The Morgan fingerprint density at radius 3 is 1.37 bits per heavy atom. The third-order valence-corrected chi connectivity index (χ3v) is 4.66. The van der Waals surface area contributed by atoms with Crippen LogP contribution in [0.1, 0.15) is 22.3 Å². The summed E-state index contributed by atoms with van der Waals surface area (Å²) in [5.41, 5.74) is 5.35. The lowest BCUT2D eigenvalue weighted by Crippen LogP contribution is -1.83. The molecule has 0 aliphatic rings. The Balaban J connectivity index is 1.64. The highest BCUT2D eigenvalue weighted by molar-refractivity contribution is 7.00. The van der Waals surface area contributed by atoms with Gasteiger partial charge in [-0.05, 0) is 35.4 Å². The molecule has 0 saturated carbocycles. The van der Waals surface area contributed by atoms with Crippen molar-refractivity contribution in [2.75, 3.05) is 0 Å². The molecule has 0 amide bonds. The first-order valence-electron chi connectivity index (χ1n) is 8.32. The molecule has 4 rings (SSSR count). The Morgan fingerprint density at radius 2 is 0.963 bits per heavy atom. The highest BCUT2D eigenvalue weighted by atomic mass is 32.1. The lowest BCUT2D eigenvalue weighted by molar-refractivity contribution is 0.627. The van der Waals surface area contributed by atoms with Crippen LogP contribution in [-0.4, -0.2) is 8.75 Å². The van der Waals surface area contributed by atoms with E-state index in [-0.39, 0.29) is 11.6 Å². The molecule has 0 spiro atoms. The predicted molar refractivity (Wildman–Crippen MR) is 108 cm³/mol. The van der Waals surface area contributed by atoms with Crippen molar-refractivity contribution in [1.82, 2.24) is 8.75 Å². The smallest absolute Gasteiger partial charge is 0.123 e. The van der Waals surface area contributed by atoms with Gasteiger partial charge in [0.2, 0.25) is 0 Å². The fourth-order valence-electron chi connectivity index (χ4n) is 2.69. The molecule has 2 nitrogen and oxygen atoms in total. The van der Waals surface area contributed by atoms with Crippen molar-refractivity contribution >= 4 is 47.1 Å². The van der Waals surface area contributed by atoms with E-state index in [2.05, 4.69) is 8.75 Å². The summed E-state index contributed by atoms with van der Waals surface area (Å²) < 4.78 is 34.8. The Hall–Kier alpha value is -3.18. The molecule has 27 heavy (non-hydrogen) atoms. The van der Waals surface area contributed by atoms with Gasteiger partial charge in [-0.15, -0.1) is 0 Å². The van der Waals surface area contributed by atoms with Gasteiger partial charge in [0.15, 0.2) is 0 Å². The average molecular weight is 376 g/mol. The van der Waals surface area contributed by atoms with Crippen LogP contribution in [0.2, 0.25) is 0 Å². The van der Waals surface area contributed by atoms with Gasteiger partial charge in [0.25, 0.3) is 0 Å². The standard InChI is InChI=1S/C22H14F2N2S/c23-19-11-3-15(4-12-19)1-7-17-9-10-18(22-21(17)25-27-26-22)8-2-16-5-13-20(24)14-6-16/h1-14H/b7-1+,8-2+. The Kier molecular flexibility index (Phi) is 4.85. The van der Waals surface area contributed by atoms with E-state index in [0.717, 1.165) is 45.0 Å². The van der Waals surface area contributed by atoms with Crippen LogP contribution < -0.4 is 0 Å². The van der Waals surface area contributed by atoms with E-state index >= 15 is 0 Å². The third kappa shape index (κ3) is 3.99. The number of rotatable bonds is 4. The fourth-order valence-corrected chi connectivity index (χ4v) is 3.28. The van der Waals surface area contributed by atoms with Gasteiger partial charge in [-0.25, -0.2) is 8.78 Å². The molecule has 132 valence electrons. The maximum Gasteiger partial charge on any atom is 0.123 e. The molecule has 0 unspecified atom stereocenters. The number of hydrogen-bond donors (Lipinski definition) is 0. The van der Waals surface area contributed by atoms with Crippen molar-refractivity contribution in [1.29, 1.82) is 0 Å². The minimum Gasteiger partial charge on any atom is -0.207 e. The molecule has 0 radical (unpaired) electrons. The molecule has 4 aromatic rings. The Bertz CT molecular complexity index is 1040. The van der Waals surface area contributed by atoms with E-state index in [0.29, 0.717) is 0 Å². The van der Waals surface area contributed by atoms with Crippen LogP contribution >= 0.6 is 11.7 Å². The predicted octanol–water partition coefficient (Wildman–Crippen LogP) is 6.31. The minimum atomic E-state index is -0.254. The molecule has 5 heteroatoms. The zero-order chi connectivity index (χ0) is 18.6. The number of nitrogens with zero attached hydrogens (tertiary/aromatic N) is 2. The summed E-state index contributed by atoms with van der Waals surface area (Å²) in [6.07, 6.45) is 7.73. The number of fused-ring (bicyclic) bond motifs is 1. The second-order valence-electron chi connectivity index (χ2n) is 5.98. The van der Waals surface area contributed by atoms with Gasteiger partial charge < -0.3 is 0 Å². The third-order valence-electron chi connectivity index (χ3n) is 4.13. The highest BCUT2D eigenvalue weighted by Gasteiger charge is 2.07. The highest BCUT2D eigenvalue weighted by Crippen LogP contribution is 2.24. The first-order chi connectivity index (χ1) is 13.2. The number of aromatic nitrogens is 2. The summed E-state index contributed by atoms with van der Waals surface area (Å²) >= 11 is 1.16. The fraction of sp³-hybridized carbons (Fsp3) is 0. The summed E-state index contributed by atoms with van der Waals surface area (Å²) in [4.78, 5) is 0. The number of halogens is 2. The largest absolute Gasteiger partial charge is 0.207 e. The summed E-state index contributed by atoms with van der Waals surface area (Å²) in [5, 5.41) is 0. The van der Waals surface area contributed by atoms with Crippen molar-refractivity contribution in [3.05, 3.63) is 94.6 Å². The van der Waals surface area contributed by atoms with Crippen molar-refractivity contribution < 1.29 is 8.78 Å². The molecule has 0 bridgehead atoms. The molecule has 0 fully saturated rings. The zero-order valence-electron chi connectivity index (χ0n) is 14.1. The average Bonchev–Trinajstić information content (AvgIpc) is 3.18. The van der Waals surface area contributed by atoms with Crippen LogP contribution in [-0.2, 0) is 0 Å². The molecule has 1 aromatic heterocycles. The van der Waals surface area contributed by atoms with Crippen molar-refractivity contribution in [2.24, 2.45) is 0 Å². The van der Waals surface area contributed by atoms with Crippen LogP contribution in [0.3, 0.4) is 0 Å². The van der Waals surface area contributed by atoms with E-state index in [1.54, 1.807) is 24.3 Å². The Labute approximate surface area is 159 Å². The molecule has 0 aliphatic carbocycles. The molecule has 0 N–H and O–H groups in total. The van der Waals surface area contributed by atoms with Gasteiger partial charge in [-0.1, -0.05) is 60.7 Å². The second kappa shape index (κ2) is 7.60. The van der Waals surface area contributed by atoms with Gasteiger partial charge >= 0.3 is 0 Å². The normalized spacial score (nSPS) is 11.8. The van der Waals surface area contributed by atoms with Gasteiger partial charge in [0.05, 0.1) is 11.7 Å². The number of benzene rings is 3. The van der Waals surface area contributed by atoms with E-state index < -0.39 is 0 Å². The lowest BCUT2D eigenvalue weighted by atomic mass is 10.1. The van der Waals surface area contributed by atoms with E-state index in [1.165, 1.54) is 24.3 Å². The van der Waals surface area contributed by atoms with Crippen LogP contribution in [0.15, 0.2) is 60.7 Å². The SMILES string of the molecule is Fc1ccc(/C=C/c2ccc(/C=C/c3ccc(F)cc3)c3nsnc23)cc1. The molecule has 0 atom stereocenters. The van der Waals surface area contributed by atoms with Crippen LogP contribution in [0.4, 0.5) is 8.78 Å². The number of hydrogen-bond acceptors (Lipinski definition) is 3. The van der Waals surface area contributed by atoms with Gasteiger partial charge in [0.1, 0.15) is 22.7 Å². The van der Waals surface area contributed by atoms with Crippen LogP contribution in [0, 0.1) is 11.6 Å². The molecule has 1 heterocycles. The second-order valence-corrected chi connectivity index (χ2v) is 6.50. The zero-order valence-corrected chi connectivity index (χ0v) is 15.0. The molecular formula is C22H14F2N2S. The maximum atomic E-state index is 13.0. The van der Waals surface area contributed by atoms with E-state index in [9.17, 15) is 8.78 Å². The topological polar surface area (TPSA) is 25.8 Å². The first kappa shape index (κ1) is 17.2. The van der Waals surface area contributed by atoms with Crippen molar-refractivity contribution in [3.63, 3.8) is 0 Å². The van der Waals surface area contributed by atoms with Gasteiger partial charge in [-0.2, -0.15) is 8.75 Å². The maximum absolute atomic E-state index is 13.0. The molecule has 0 saturated heterocycles. The molecular weight excluding hydrogens is 362 g/mol. The van der Waals surface area contributed by atoms with Gasteiger partial charge in [0, 0.05) is 11.1 Å². The quantitative estimate of drug-likeness (QED) is 0.390. The Morgan fingerprint density at radius 1 is 0.556 bits per heavy atom. The molecule has 0 aliphatic heterocycles. The van der Waals surface area contributed by atoms with E-state index in [1.807, 2.05) is 36.4 Å². The van der Waals surface area contributed by atoms with Crippen molar-refractivity contribution in [2.45, 2.75) is 0 Å². The molecule has 3 aromatic carbocycles. The minimum absolute atomic E-state index is 0.254. The summed E-state index contributed by atoms with van der Waals surface area (Å²) in [7, 11) is 0. The monoisotopic (exact) mass is 376 g/mol. The van der Waals surface area contributed by atoms with Crippen LogP contribution in [0.25, 0.3) is 35.3 Å².